The fraction of sp³-hybridized carbons (Fsp3) is 0.150. The summed E-state index contributed by atoms with van der Waals surface area (Å²) in [4.78, 5) is 27.7. The maximum absolute atomic E-state index is 13.1. The largest absolute Gasteiger partial charge is 0.497 e. The Labute approximate surface area is 180 Å². The summed E-state index contributed by atoms with van der Waals surface area (Å²) in [6, 6.07) is 13.3. The number of thioether (sulfide) groups is 1. The monoisotopic (exact) mass is 444 g/mol. The van der Waals surface area contributed by atoms with Gasteiger partial charge in [0.2, 0.25) is 5.91 Å². The number of ether oxygens (including phenoxy) is 1. The van der Waals surface area contributed by atoms with E-state index in [1.807, 2.05) is 41.8 Å². The number of carbonyl (C=O) groups is 1. The molecule has 0 radical (unpaired) electrons. The van der Waals surface area contributed by atoms with Crippen molar-refractivity contribution in [1.82, 2.24) is 15.0 Å². The summed E-state index contributed by atoms with van der Waals surface area (Å²) in [6.07, 6.45) is 1.55. The fourth-order valence-corrected chi connectivity index (χ4v) is 4.37. The van der Waals surface area contributed by atoms with Crippen LogP contribution in [0.5, 0.6) is 5.75 Å². The number of benzene rings is 1. The molecule has 3 aromatic heterocycles. The summed E-state index contributed by atoms with van der Waals surface area (Å²) in [7, 11) is 1.62. The lowest BCUT2D eigenvalue weighted by Crippen LogP contribution is -2.31. The molecule has 0 saturated heterocycles. The van der Waals surface area contributed by atoms with Crippen LogP contribution in [-0.2, 0) is 11.3 Å². The van der Waals surface area contributed by atoms with Crippen LogP contribution in [0, 0.1) is 0 Å². The van der Waals surface area contributed by atoms with Gasteiger partial charge in [-0.1, -0.05) is 29.4 Å². The van der Waals surface area contributed by atoms with Crippen LogP contribution in [0.1, 0.15) is 4.88 Å². The Morgan fingerprint density at radius 1 is 1.31 bits per heavy atom. The molecule has 9 heteroatoms. The van der Waals surface area contributed by atoms with Crippen LogP contribution >= 0.6 is 34.7 Å². The Balaban J connectivity index is 1.51. The normalized spacial score (nSPS) is 11.0. The minimum Gasteiger partial charge on any atom is -0.497 e. The van der Waals surface area contributed by atoms with Crippen molar-refractivity contribution in [3.8, 4) is 5.75 Å². The Bertz CT molecular complexity index is 1110. The summed E-state index contributed by atoms with van der Waals surface area (Å²) in [5.74, 6) is 0.977. The second-order valence-corrected chi connectivity index (χ2v) is 8.55. The summed E-state index contributed by atoms with van der Waals surface area (Å²) in [5, 5.41) is 3.18. The second kappa shape index (κ2) is 8.86. The van der Waals surface area contributed by atoms with E-state index in [1.165, 1.54) is 11.8 Å². The number of carbonyl (C=O) groups excluding carboxylic acids is 1. The quantitative estimate of drug-likeness (QED) is 0.406. The van der Waals surface area contributed by atoms with Gasteiger partial charge in [-0.15, -0.1) is 11.3 Å². The van der Waals surface area contributed by atoms with Crippen molar-refractivity contribution >= 4 is 57.5 Å². The van der Waals surface area contributed by atoms with Crippen LogP contribution < -0.4 is 9.64 Å². The maximum Gasteiger partial charge on any atom is 0.237 e. The fourth-order valence-electron chi connectivity index (χ4n) is 2.77. The van der Waals surface area contributed by atoms with E-state index < -0.39 is 0 Å². The zero-order valence-corrected chi connectivity index (χ0v) is 17.9. The minimum absolute atomic E-state index is 0.0139. The average Bonchev–Trinajstić information content (AvgIpc) is 3.39. The SMILES string of the molecule is COc1ccc(N(Cc2cccs2)C(=O)CSc2nc3ncc(Cl)cc3[nH]2)cc1. The van der Waals surface area contributed by atoms with E-state index >= 15 is 0 Å². The number of H-pyrrole nitrogens is 1. The van der Waals surface area contributed by atoms with Crippen LogP contribution in [0.4, 0.5) is 5.69 Å². The lowest BCUT2D eigenvalue weighted by Gasteiger charge is -2.22. The highest BCUT2D eigenvalue weighted by molar-refractivity contribution is 7.99. The van der Waals surface area contributed by atoms with E-state index in [-0.39, 0.29) is 11.7 Å². The Morgan fingerprint density at radius 3 is 2.86 bits per heavy atom. The Morgan fingerprint density at radius 2 is 2.14 bits per heavy atom. The molecule has 0 unspecified atom stereocenters. The second-order valence-electron chi connectivity index (χ2n) is 6.11. The number of imidazole rings is 1. The van der Waals surface area contributed by atoms with Gasteiger partial charge in [0, 0.05) is 16.8 Å². The first-order valence-electron chi connectivity index (χ1n) is 8.73. The van der Waals surface area contributed by atoms with Gasteiger partial charge in [0.05, 0.1) is 29.9 Å². The number of pyridine rings is 1. The van der Waals surface area contributed by atoms with Crippen molar-refractivity contribution in [3.63, 3.8) is 0 Å². The lowest BCUT2D eigenvalue weighted by molar-refractivity contribution is -0.116. The molecule has 0 aliphatic rings. The average molecular weight is 445 g/mol. The zero-order valence-electron chi connectivity index (χ0n) is 15.5. The number of amides is 1. The van der Waals surface area contributed by atoms with Crippen molar-refractivity contribution in [1.29, 1.82) is 0 Å². The van der Waals surface area contributed by atoms with Crippen molar-refractivity contribution in [3.05, 3.63) is 63.9 Å². The zero-order chi connectivity index (χ0) is 20.2. The molecule has 4 rings (SSSR count). The van der Waals surface area contributed by atoms with Gasteiger partial charge in [-0.3, -0.25) is 4.79 Å². The van der Waals surface area contributed by atoms with Crippen molar-refractivity contribution in [2.24, 2.45) is 0 Å². The first-order chi connectivity index (χ1) is 14.1. The van der Waals surface area contributed by atoms with Crippen molar-refractivity contribution in [2.45, 2.75) is 11.7 Å². The molecule has 0 spiro atoms. The van der Waals surface area contributed by atoms with E-state index in [0.717, 1.165) is 21.8 Å². The lowest BCUT2D eigenvalue weighted by atomic mass is 10.2. The van der Waals surface area contributed by atoms with Crippen LogP contribution in [-0.4, -0.2) is 33.7 Å². The summed E-state index contributed by atoms with van der Waals surface area (Å²) >= 11 is 8.93. The minimum atomic E-state index is -0.0139. The maximum atomic E-state index is 13.1. The molecule has 1 N–H and O–H groups in total. The number of nitrogens with one attached hydrogen (secondary N) is 1. The molecule has 0 aliphatic heterocycles. The number of fused-ring (bicyclic) bond motifs is 1. The highest BCUT2D eigenvalue weighted by atomic mass is 35.5. The third-order valence-corrected chi connectivity index (χ3v) is 6.12. The molecule has 1 aromatic carbocycles. The number of methoxy groups -OCH3 is 1. The molecule has 29 heavy (non-hydrogen) atoms. The first kappa shape index (κ1) is 19.8. The van der Waals surface area contributed by atoms with Gasteiger partial charge < -0.3 is 14.6 Å². The van der Waals surface area contributed by atoms with Gasteiger partial charge in [-0.05, 0) is 41.8 Å². The van der Waals surface area contributed by atoms with Crippen LogP contribution in [0.3, 0.4) is 0 Å². The van der Waals surface area contributed by atoms with Gasteiger partial charge in [-0.2, -0.15) is 0 Å². The van der Waals surface area contributed by atoms with E-state index in [9.17, 15) is 4.79 Å². The number of aromatic amines is 1. The number of hydrogen-bond donors (Lipinski definition) is 1. The number of rotatable bonds is 7. The summed E-state index contributed by atoms with van der Waals surface area (Å²) < 4.78 is 5.22. The smallest absolute Gasteiger partial charge is 0.237 e. The standard InChI is InChI=1S/C20H17ClN4O2S2/c1-27-15-6-4-14(5-7-15)25(11-16-3-2-8-28-16)18(26)12-29-20-23-17-9-13(21)10-22-19(17)24-20/h2-10H,11-12H2,1H3,(H,22,23,24). The highest BCUT2D eigenvalue weighted by Gasteiger charge is 2.18. The van der Waals surface area contributed by atoms with Crippen LogP contribution in [0.2, 0.25) is 5.02 Å². The third kappa shape index (κ3) is 4.72. The van der Waals surface area contributed by atoms with E-state index in [4.69, 9.17) is 16.3 Å². The molecule has 3 heterocycles. The number of anilines is 1. The Kier molecular flexibility index (Phi) is 6.03. The molecule has 0 saturated carbocycles. The van der Waals surface area contributed by atoms with Gasteiger partial charge >= 0.3 is 0 Å². The molecular formula is C20H17ClN4O2S2. The van der Waals surface area contributed by atoms with Gasteiger partial charge in [0.25, 0.3) is 0 Å². The molecule has 6 nitrogen and oxygen atoms in total. The van der Waals surface area contributed by atoms with Gasteiger partial charge in [0.1, 0.15) is 5.75 Å². The van der Waals surface area contributed by atoms with Crippen molar-refractivity contribution < 1.29 is 9.53 Å². The molecule has 0 fully saturated rings. The van der Waals surface area contributed by atoms with Gasteiger partial charge in [-0.25, -0.2) is 9.97 Å². The number of halogens is 1. The molecular weight excluding hydrogens is 428 g/mol. The van der Waals surface area contributed by atoms with Gasteiger partial charge in [0.15, 0.2) is 10.8 Å². The number of hydrogen-bond acceptors (Lipinski definition) is 6. The topological polar surface area (TPSA) is 71.1 Å². The third-order valence-electron chi connectivity index (χ3n) is 4.19. The van der Waals surface area contributed by atoms with Crippen LogP contribution in [0.25, 0.3) is 11.2 Å². The first-order valence-corrected chi connectivity index (χ1v) is 11.0. The van der Waals surface area contributed by atoms with E-state index in [1.54, 1.807) is 35.6 Å². The number of aromatic nitrogens is 3. The van der Waals surface area contributed by atoms with E-state index in [2.05, 4.69) is 15.0 Å². The van der Waals surface area contributed by atoms with Crippen LogP contribution in [0.15, 0.2) is 59.2 Å². The molecule has 148 valence electrons. The number of nitrogens with zero attached hydrogens (tertiary/aromatic N) is 3. The predicted octanol–water partition coefficient (Wildman–Crippen LogP) is 5.01. The highest BCUT2D eigenvalue weighted by Crippen LogP contribution is 2.25. The molecule has 4 aromatic rings. The van der Waals surface area contributed by atoms with Crippen molar-refractivity contribution in [2.75, 3.05) is 17.8 Å². The summed E-state index contributed by atoms with van der Waals surface area (Å²) in [6.45, 7) is 0.515. The predicted molar refractivity (Wildman–Crippen MR) is 118 cm³/mol. The summed E-state index contributed by atoms with van der Waals surface area (Å²) in [5.41, 5.74) is 2.15. The molecule has 0 atom stereocenters. The number of thiophene rings is 1. The Hall–Kier alpha value is -2.55. The molecule has 0 bridgehead atoms. The van der Waals surface area contributed by atoms with E-state index in [0.29, 0.717) is 22.4 Å². The molecule has 0 aliphatic carbocycles. The molecule has 1 amide bonds.